The van der Waals surface area contributed by atoms with E-state index in [9.17, 15) is 18.4 Å². The van der Waals surface area contributed by atoms with Crippen molar-refractivity contribution in [2.24, 2.45) is 0 Å². The van der Waals surface area contributed by atoms with Gasteiger partial charge in [-0.2, -0.15) is 16.5 Å². The molecule has 0 saturated carbocycles. The summed E-state index contributed by atoms with van der Waals surface area (Å²) >= 11 is 1.74. The Labute approximate surface area is 146 Å². The predicted octanol–water partition coefficient (Wildman–Crippen LogP) is 2.03. The number of thioether (sulfide) groups is 1. The van der Waals surface area contributed by atoms with Crippen LogP contribution in [0.4, 0.5) is 14.5 Å². The van der Waals surface area contributed by atoms with Crippen molar-refractivity contribution in [3.8, 4) is 11.1 Å². The van der Waals surface area contributed by atoms with E-state index < -0.39 is 17.3 Å². The van der Waals surface area contributed by atoms with Gasteiger partial charge in [-0.05, 0) is 17.7 Å². The van der Waals surface area contributed by atoms with Crippen LogP contribution in [-0.2, 0) is 11.5 Å². The van der Waals surface area contributed by atoms with E-state index in [-0.39, 0.29) is 29.4 Å². The van der Waals surface area contributed by atoms with Crippen LogP contribution in [0.5, 0.6) is 0 Å². The molecule has 0 radical (unpaired) electrons. The Bertz CT molecular complexity index is 820. The predicted molar refractivity (Wildman–Crippen MR) is 91.7 cm³/mol. The molecule has 0 bridgehead atoms. The molecule has 0 aliphatic carbocycles. The summed E-state index contributed by atoms with van der Waals surface area (Å²) in [7, 11) is 0. The minimum absolute atomic E-state index is 0.0314. The Balaban J connectivity index is 1.91. The van der Waals surface area contributed by atoms with Crippen molar-refractivity contribution in [2.75, 3.05) is 29.5 Å². The highest BCUT2D eigenvalue weighted by molar-refractivity contribution is 7.99. The molecule has 6 nitrogen and oxygen atoms in total. The summed E-state index contributed by atoms with van der Waals surface area (Å²) in [5, 5.41) is 2.46. The Kier molecular flexibility index (Phi) is 5.12. The fourth-order valence-electron chi connectivity index (χ4n) is 2.65. The summed E-state index contributed by atoms with van der Waals surface area (Å²) < 4.78 is 35.0. The van der Waals surface area contributed by atoms with Gasteiger partial charge in [0.15, 0.2) is 0 Å². The molecule has 134 valence electrons. The first kappa shape index (κ1) is 17.5. The van der Waals surface area contributed by atoms with Gasteiger partial charge in [-0.15, -0.1) is 0 Å². The van der Waals surface area contributed by atoms with Crippen LogP contribution in [0.15, 0.2) is 27.6 Å². The summed E-state index contributed by atoms with van der Waals surface area (Å²) in [6, 6.07) is 2.27. The maximum absolute atomic E-state index is 14.5. The highest BCUT2D eigenvalue weighted by Crippen LogP contribution is 2.30. The first-order chi connectivity index (χ1) is 12.0. The molecule has 1 N–H and O–H groups in total. The van der Waals surface area contributed by atoms with E-state index in [1.165, 1.54) is 13.1 Å². The molecule has 1 aromatic heterocycles. The molecule has 2 aromatic rings. The average molecular weight is 369 g/mol. The molecule has 3 rings (SSSR count). The second-order valence-electron chi connectivity index (χ2n) is 5.62. The molecule has 9 heteroatoms. The van der Waals surface area contributed by atoms with Crippen molar-refractivity contribution >= 4 is 23.4 Å². The number of nitrogens with zero attached hydrogens (tertiary/aromatic N) is 2. The third-order valence-corrected chi connectivity index (χ3v) is 4.77. The fourth-order valence-corrected chi connectivity index (χ4v) is 3.55. The van der Waals surface area contributed by atoms with Crippen LogP contribution >= 0.6 is 11.8 Å². The largest absolute Gasteiger partial charge is 0.365 e. The van der Waals surface area contributed by atoms with Crippen molar-refractivity contribution in [3.05, 3.63) is 40.4 Å². The van der Waals surface area contributed by atoms with Gasteiger partial charge < -0.3 is 14.7 Å². The third-order valence-electron chi connectivity index (χ3n) is 3.83. The normalized spacial score (nSPS) is 14.6. The maximum atomic E-state index is 14.5. The number of hydrogen-bond donors (Lipinski definition) is 1. The first-order valence-electron chi connectivity index (χ1n) is 7.73. The minimum Gasteiger partial charge on any atom is -0.365 e. The van der Waals surface area contributed by atoms with Gasteiger partial charge in [-0.1, -0.05) is 0 Å². The molecular formula is C16H17F2N3O3S. The monoisotopic (exact) mass is 369 g/mol. The molecule has 1 amide bonds. The van der Waals surface area contributed by atoms with Gasteiger partial charge in [0.05, 0.1) is 11.8 Å². The van der Waals surface area contributed by atoms with Gasteiger partial charge in [0.1, 0.15) is 24.0 Å². The Hall–Kier alpha value is -2.29. The lowest BCUT2D eigenvalue weighted by molar-refractivity contribution is -0.119. The highest BCUT2D eigenvalue weighted by Gasteiger charge is 2.22. The zero-order valence-corrected chi connectivity index (χ0v) is 14.4. The van der Waals surface area contributed by atoms with E-state index in [0.717, 1.165) is 28.4 Å². The van der Waals surface area contributed by atoms with Crippen LogP contribution in [-0.4, -0.2) is 35.2 Å². The van der Waals surface area contributed by atoms with Crippen molar-refractivity contribution in [1.82, 2.24) is 10.1 Å². The number of halogens is 2. The number of amides is 1. The summed E-state index contributed by atoms with van der Waals surface area (Å²) in [6.07, 6.45) is 1.31. The lowest BCUT2D eigenvalue weighted by atomic mass is 10.1. The van der Waals surface area contributed by atoms with E-state index >= 15 is 0 Å². The number of anilines is 1. The summed E-state index contributed by atoms with van der Waals surface area (Å²) in [5.74, 6) is -0.0854. The highest BCUT2D eigenvalue weighted by atomic mass is 32.2. The maximum Gasteiger partial charge on any atom is 0.365 e. The van der Waals surface area contributed by atoms with Gasteiger partial charge in [0, 0.05) is 31.5 Å². The van der Waals surface area contributed by atoms with Gasteiger partial charge in [0.2, 0.25) is 5.91 Å². The molecule has 1 fully saturated rings. The van der Waals surface area contributed by atoms with Crippen molar-refractivity contribution in [2.45, 2.75) is 13.6 Å². The zero-order chi connectivity index (χ0) is 18.0. The second kappa shape index (κ2) is 7.30. The molecule has 0 atom stereocenters. The molecule has 1 aliphatic heterocycles. The number of rotatable bonds is 4. The third kappa shape index (κ3) is 3.87. The number of carbonyl (C=O) groups excluding carboxylic acids is 1. The lowest BCUT2D eigenvalue weighted by Gasteiger charge is -2.29. The van der Waals surface area contributed by atoms with Crippen molar-refractivity contribution in [3.63, 3.8) is 0 Å². The first-order valence-corrected chi connectivity index (χ1v) is 8.88. The van der Waals surface area contributed by atoms with E-state index in [4.69, 9.17) is 4.52 Å². The second-order valence-corrected chi connectivity index (χ2v) is 6.84. The molecule has 2 heterocycles. The Morgan fingerprint density at radius 3 is 2.52 bits per heavy atom. The van der Waals surface area contributed by atoms with Gasteiger partial charge in [-0.25, -0.2) is 13.6 Å². The van der Waals surface area contributed by atoms with Crippen LogP contribution in [0, 0.1) is 11.6 Å². The lowest BCUT2D eigenvalue weighted by Crippen LogP contribution is -2.33. The molecule has 1 saturated heterocycles. The zero-order valence-electron chi connectivity index (χ0n) is 13.6. The topological polar surface area (TPSA) is 67.5 Å². The molecule has 1 aromatic carbocycles. The number of benzene rings is 1. The van der Waals surface area contributed by atoms with Crippen molar-refractivity contribution in [1.29, 1.82) is 0 Å². The average Bonchev–Trinajstić information content (AvgIpc) is 2.94. The van der Waals surface area contributed by atoms with Crippen LogP contribution < -0.4 is 15.8 Å². The smallest absolute Gasteiger partial charge is 0.365 e. The van der Waals surface area contributed by atoms with Crippen LogP contribution in [0.3, 0.4) is 0 Å². The number of nitrogens with one attached hydrogen (secondary N) is 1. The van der Waals surface area contributed by atoms with E-state index in [1.54, 1.807) is 16.7 Å². The summed E-state index contributed by atoms with van der Waals surface area (Å²) in [4.78, 5) is 24.5. The van der Waals surface area contributed by atoms with Gasteiger partial charge in [0.25, 0.3) is 0 Å². The van der Waals surface area contributed by atoms with E-state index in [0.29, 0.717) is 13.1 Å². The minimum atomic E-state index is -0.730. The number of aromatic nitrogens is 1. The molecule has 0 unspecified atom stereocenters. The van der Waals surface area contributed by atoms with E-state index in [2.05, 4.69) is 5.32 Å². The molecule has 25 heavy (non-hydrogen) atoms. The molecule has 1 aliphatic rings. The van der Waals surface area contributed by atoms with Gasteiger partial charge in [-0.3, -0.25) is 4.79 Å². The Morgan fingerprint density at radius 2 is 1.92 bits per heavy atom. The molecular weight excluding hydrogens is 352 g/mol. The fraction of sp³-hybridized carbons (Fsp3) is 0.375. The van der Waals surface area contributed by atoms with Crippen LogP contribution in [0.1, 0.15) is 6.92 Å². The number of carbonyl (C=O) groups is 1. The Morgan fingerprint density at radius 1 is 1.28 bits per heavy atom. The SMILES string of the molecule is CC(=O)NCn1cc(-c2cc(F)c(N3CCSCC3)c(F)c2)c(=O)o1. The summed E-state index contributed by atoms with van der Waals surface area (Å²) in [6.45, 7) is 2.43. The standard InChI is InChI=1S/C16H17F2N3O3S/c1-10(22)19-9-21-8-12(16(23)24-21)11-6-13(17)15(14(18)7-11)20-2-4-25-5-3-20/h6-8H,2-5,9H2,1H3,(H,19,22). The van der Waals surface area contributed by atoms with Crippen molar-refractivity contribution < 1.29 is 18.1 Å². The number of hydrogen-bond acceptors (Lipinski definition) is 5. The molecule has 0 spiro atoms. The van der Waals surface area contributed by atoms with Crippen LogP contribution in [0.2, 0.25) is 0 Å². The quantitative estimate of drug-likeness (QED) is 0.893. The van der Waals surface area contributed by atoms with Gasteiger partial charge >= 0.3 is 5.63 Å². The van der Waals surface area contributed by atoms with E-state index in [1.807, 2.05) is 0 Å². The summed E-state index contributed by atoms with van der Waals surface area (Å²) in [5.41, 5.74) is -0.665. The van der Waals surface area contributed by atoms with Crippen LogP contribution in [0.25, 0.3) is 11.1 Å².